The molecule has 1 aliphatic heterocycles. The van der Waals surface area contributed by atoms with Crippen LogP contribution in [-0.4, -0.2) is 23.4 Å². The number of nitrogens with zero attached hydrogens (tertiary/aromatic N) is 2. The maximum atomic E-state index is 12.5. The normalized spacial score (nSPS) is 27.1. The topological polar surface area (TPSA) is 44.1 Å². The molecule has 0 aromatic carbocycles. The minimum Gasteiger partial charge on any atom is -0.326 e. The molecule has 1 amide bonds. The summed E-state index contributed by atoms with van der Waals surface area (Å²) in [5.74, 6) is 0.456. The second-order valence-corrected chi connectivity index (χ2v) is 5.71. The number of hydrogen-bond donors (Lipinski definition) is 0. The van der Waals surface area contributed by atoms with Crippen molar-refractivity contribution in [3.8, 4) is 6.07 Å². The number of amides is 1. The molecule has 0 N–H and O–H groups in total. The van der Waals surface area contributed by atoms with Crippen LogP contribution in [0.1, 0.15) is 64.2 Å². The summed E-state index contributed by atoms with van der Waals surface area (Å²) >= 11 is 0. The highest BCUT2D eigenvalue weighted by Crippen LogP contribution is 2.27. The van der Waals surface area contributed by atoms with Crippen LogP contribution in [0.5, 0.6) is 0 Å². The average molecular weight is 248 g/mol. The van der Waals surface area contributed by atoms with Gasteiger partial charge in [0.2, 0.25) is 5.91 Å². The van der Waals surface area contributed by atoms with Crippen LogP contribution in [0.3, 0.4) is 0 Å². The van der Waals surface area contributed by atoms with Crippen LogP contribution in [0, 0.1) is 17.2 Å². The Bertz CT molecular complexity index is 311. The molecule has 1 heterocycles. The zero-order chi connectivity index (χ0) is 12.8. The van der Waals surface area contributed by atoms with Gasteiger partial charge in [0.05, 0.1) is 6.07 Å². The van der Waals surface area contributed by atoms with E-state index in [1.807, 2.05) is 4.90 Å². The third kappa shape index (κ3) is 3.25. The molecular weight excluding hydrogens is 224 g/mol. The average Bonchev–Trinajstić information content (AvgIpc) is 2.90. The van der Waals surface area contributed by atoms with Gasteiger partial charge in [-0.25, -0.2) is 0 Å². The SMILES string of the molecule is N#C[C@@H]1CCCN1C(=O)C1CCCCCCCC1. The minimum atomic E-state index is -0.148. The smallest absolute Gasteiger partial charge is 0.226 e. The van der Waals surface area contributed by atoms with Gasteiger partial charge in [-0.3, -0.25) is 4.79 Å². The molecule has 0 radical (unpaired) electrons. The maximum Gasteiger partial charge on any atom is 0.226 e. The molecular formula is C15H24N2O. The summed E-state index contributed by atoms with van der Waals surface area (Å²) in [7, 11) is 0. The molecule has 2 fully saturated rings. The largest absolute Gasteiger partial charge is 0.326 e. The van der Waals surface area contributed by atoms with Gasteiger partial charge in [0.1, 0.15) is 6.04 Å². The molecule has 3 heteroatoms. The molecule has 0 aromatic rings. The third-order valence-electron chi connectivity index (χ3n) is 4.39. The first-order valence-corrected chi connectivity index (χ1v) is 7.53. The number of rotatable bonds is 1. The quantitative estimate of drug-likeness (QED) is 0.715. The van der Waals surface area contributed by atoms with Crippen LogP contribution in [0.4, 0.5) is 0 Å². The lowest BCUT2D eigenvalue weighted by Gasteiger charge is -2.25. The van der Waals surface area contributed by atoms with E-state index in [1.54, 1.807) is 0 Å². The van der Waals surface area contributed by atoms with Crippen LogP contribution >= 0.6 is 0 Å². The maximum absolute atomic E-state index is 12.5. The highest BCUT2D eigenvalue weighted by molar-refractivity contribution is 5.79. The summed E-state index contributed by atoms with van der Waals surface area (Å²) < 4.78 is 0. The van der Waals surface area contributed by atoms with Crippen molar-refractivity contribution in [3.05, 3.63) is 0 Å². The number of carbonyl (C=O) groups is 1. The molecule has 100 valence electrons. The predicted molar refractivity (Wildman–Crippen MR) is 70.8 cm³/mol. The van der Waals surface area contributed by atoms with E-state index in [9.17, 15) is 4.79 Å². The van der Waals surface area contributed by atoms with E-state index >= 15 is 0 Å². The lowest BCUT2D eigenvalue weighted by molar-refractivity contribution is -0.136. The van der Waals surface area contributed by atoms with Crippen molar-refractivity contribution in [1.29, 1.82) is 5.26 Å². The van der Waals surface area contributed by atoms with Gasteiger partial charge in [0.25, 0.3) is 0 Å². The van der Waals surface area contributed by atoms with Crippen LogP contribution in [0.2, 0.25) is 0 Å². The Labute approximate surface area is 110 Å². The fraction of sp³-hybridized carbons (Fsp3) is 0.867. The van der Waals surface area contributed by atoms with Crippen molar-refractivity contribution < 1.29 is 4.79 Å². The zero-order valence-corrected chi connectivity index (χ0v) is 11.2. The number of likely N-dealkylation sites (tertiary alicyclic amines) is 1. The highest BCUT2D eigenvalue weighted by atomic mass is 16.2. The van der Waals surface area contributed by atoms with Gasteiger partial charge in [-0.2, -0.15) is 5.26 Å². The van der Waals surface area contributed by atoms with Crippen molar-refractivity contribution >= 4 is 5.91 Å². The molecule has 1 atom stereocenters. The molecule has 3 nitrogen and oxygen atoms in total. The Morgan fingerprint density at radius 1 is 0.944 bits per heavy atom. The van der Waals surface area contributed by atoms with E-state index in [0.29, 0.717) is 0 Å². The molecule has 0 aromatic heterocycles. The molecule has 1 saturated heterocycles. The van der Waals surface area contributed by atoms with E-state index in [0.717, 1.165) is 32.2 Å². The molecule has 0 spiro atoms. The van der Waals surface area contributed by atoms with E-state index in [-0.39, 0.29) is 17.9 Å². The summed E-state index contributed by atoms with van der Waals surface area (Å²) in [5.41, 5.74) is 0. The fourth-order valence-electron chi connectivity index (χ4n) is 3.28. The second kappa shape index (κ2) is 6.78. The Morgan fingerprint density at radius 3 is 2.17 bits per heavy atom. The van der Waals surface area contributed by atoms with Gasteiger partial charge in [0.15, 0.2) is 0 Å². The summed E-state index contributed by atoms with van der Waals surface area (Å²) in [4.78, 5) is 14.4. The van der Waals surface area contributed by atoms with Gasteiger partial charge in [-0.15, -0.1) is 0 Å². The molecule has 1 saturated carbocycles. The molecule has 1 aliphatic carbocycles. The number of hydrogen-bond acceptors (Lipinski definition) is 2. The first-order valence-electron chi connectivity index (χ1n) is 7.53. The summed E-state index contributed by atoms with van der Waals surface area (Å²) in [5, 5.41) is 9.09. The highest BCUT2D eigenvalue weighted by Gasteiger charge is 2.32. The van der Waals surface area contributed by atoms with Gasteiger partial charge in [0, 0.05) is 12.5 Å². The van der Waals surface area contributed by atoms with Gasteiger partial charge in [-0.1, -0.05) is 38.5 Å². The van der Waals surface area contributed by atoms with Crippen molar-refractivity contribution in [1.82, 2.24) is 4.90 Å². The van der Waals surface area contributed by atoms with Crippen LogP contribution in [0.25, 0.3) is 0 Å². The zero-order valence-electron chi connectivity index (χ0n) is 11.2. The molecule has 0 bridgehead atoms. The van der Waals surface area contributed by atoms with E-state index in [2.05, 4.69) is 6.07 Å². The summed E-state index contributed by atoms with van der Waals surface area (Å²) in [6.07, 6.45) is 11.5. The Morgan fingerprint density at radius 2 is 1.56 bits per heavy atom. The van der Waals surface area contributed by atoms with Gasteiger partial charge in [-0.05, 0) is 25.7 Å². The summed E-state index contributed by atoms with van der Waals surface area (Å²) in [6, 6.07) is 2.13. The molecule has 2 rings (SSSR count). The first-order chi connectivity index (χ1) is 8.83. The van der Waals surface area contributed by atoms with Gasteiger partial charge < -0.3 is 4.90 Å². The number of carbonyl (C=O) groups excluding carboxylic acids is 1. The Balaban J connectivity index is 1.95. The monoisotopic (exact) mass is 248 g/mol. The standard InChI is InChI=1S/C15H24N2O/c16-12-14-10-7-11-17(14)15(18)13-8-5-3-1-2-4-6-9-13/h13-14H,1-11H2/t14-/m0/s1. The van der Waals surface area contributed by atoms with Crippen molar-refractivity contribution in [2.75, 3.05) is 6.54 Å². The third-order valence-corrected chi connectivity index (χ3v) is 4.39. The Kier molecular flexibility index (Phi) is 5.04. The van der Waals surface area contributed by atoms with E-state index < -0.39 is 0 Å². The van der Waals surface area contributed by atoms with E-state index in [1.165, 1.54) is 38.5 Å². The fourth-order valence-corrected chi connectivity index (χ4v) is 3.28. The predicted octanol–water partition coefficient (Wildman–Crippen LogP) is 3.25. The van der Waals surface area contributed by atoms with Crippen molar-refractivity contribution in [3.63, 3.8) is 0 Å². The molecule has 0 unspecified atom stereocenters. The number of nitriles is 1. The minimum absolute atomic E-state index is 0.148. The second-order valence-electron chi connectivity index (χ2n) is 5.71. The van der Waals surface area contributed by atoms with E-state index in [4.69, 9.17) is 5.26 Å². The van der Waals surface area contributed by atoms with Crippen LogP contribution < -0.4 is 0 Å². The summed E-state index contributed by atoms with van der Waals surface area (Å²) in [6.45, 7) is 0.799. The van der Waals surface area contributed by atoms with Crippen LogP contribution in [0.15, 0.2) is 0 Å². The lowest BCUT2D eigenvalue weighted by atomic mass is 9.95. The molecule has 18 heavy (non-hydrogen) atoms. The van der Waals surface area contributed by atoms with Gasteiger partial charge >= 0.3 is 0 Å². The first kappa shape index (κ1) is 13.4. The Hall–Kier alpha value is -1.04. The lowest BCUT2D eigenvalue weighted by Crippen LogP contribution is -2.39. The van der Waals surface area contributed by atoms with Crippen molar-refractivity contribution in [2.45, 2.75) is 70.3 Å². The van der Waals surface area contributed by atoms with Crippen LogP contribution in [-0.2, 0) is 4.79 Å². The van der Waals surface area contributed by atoms with Crippen molar-refractivity contribution in [2.24, 2.45) is 5.92 Å². The molecule has 2 aliphatic rings.